The van der Waals surface area contributed by atoms with Crippen LogP contribution in [0, 0.1) is 20.8 Å². The van der Waals surface area contributed by atoms with Crippen LogP contribution in [0.4, 0.5) is 5.69 Å². The Morgan fingerprint density at radius 1 is 1.04 bits per heavy atom. The van der Waals surface area contributed by atoms with E-state index in [1.165, 1.54) is 5.56 Å². The van der Waals surface area contributed by atoms with Gasteiger partial charge in [0.15, 0.2) is 0 Å². The molecule has 0 fully saturated rings. The molecular formula is C19H21Cl2NOZr. The average Bonchev–Trinajstić information content (AvgIpc) is 2.47. The first kappa shape index (κ1) is 21.2. The van der Waals surface area contributed by atoms with Crippen LogP contribution in [-0.2, 0) is 20.8 Å². The van der Waals surface area contributed by atoms with Crippen LogP contribution in [0.1, 0.15) is 29.2 Å². The van der Waals surface area contributed by atoms with Crippen molar-refractivity contribution >= 4 is 34.2 Å². The van der Waals surface area contributed by atoms with Crippen LogP contribution < -0.4 is 0 Å². The SMILES string of the molecule is CC(/C=C(\O)c1c(C)cc(C)cc1C)=Nc1ccccc1.[Cl][Zr][Cl]. The van der Waals surface area contributed by atoms with Gasteiger partial charge in [0.25, 0.3) is 0 Å². The zero-order chi connectivity index (χ0) is 18.1. The van der Waals surface area contributed by atoms with E-state index in [4.69, 9.17) is 17.0 Å². The summed E-state index contributed by atoms with van der Waals surface area (Å²) in [6, 6.07) is 13.9. The predicted molar refractivity (Wildman–Crippen MR) is 102 cm³/mol. The molecule has 0 amide bonds. The molecule has 126 valence electrons. The second kappa shape index (κ2) is 10.9. The van der Waals surface area contributed by atoms with E-state index in [2.05, 4.69) is 24.0 Å². The number of aryl methyl sites for hydroxylation is 3. The molecule has 2 aromatic rings. The van der Waals surface area contributed by atoms with Crippen molar-refractivity contribution in [3.8, 4) is 0 Å². The van der Waals surface area contributed by atoms with Gasteiger partial charge in [-0.25, -0.2) is 0 Å². The van der Waals surface area contributed by atoms with Gasteiger partial charge in [-0.1, -0.05) is 35.9 Å². The molecule has 0 aliphatic rings. The second-order valence-corrected chi connectivity index (χ2v) is 9.20. The second-order valence-electron chi connectivity index (χ2n) is 5.46. The fourth-order valence-corrected chi connectivity index (χ4v) is 2.59. The molecule has 0 unspecified atom stereocenters. The van der Waals surface area contributed by atoms with Gasteiger partial charge in [0.05, 0.1) is 5.69 Å². The molecule has 0 spiro atoms. The van der Waals surface area contributed by atoms with Crippen molar-refractivity contribution in [1.82, 2.24) is 0 Å². The van der Waals surface area contributed by atoms with E-state index >= 15 is 0 Å². The molecule has 2 aromatic carbocycles. The number of aliphatic hydroxyl groups excluding tert-OH is 1. The first-order valence-electron chi connectivity index (χ1n) is 7.44. The number of hydrogen-bond acceptors (Lipinski definition) is 2. The Labute approximate surface area is 162 Å². The zero-order valence-electron chi connectivity index (χ0n) is 14.3. The van der Waals surface area contributed by atoms with E-state index in [0.29, 0.717) is 0 Å². The van der Waals surface area contributed by atoms with Crippen molar-refractivity contribution in [1.29, 1.82) is 0 Å². The minimum absolute atomic E-state index is 0.266. The summed E-state index contributed by atoms with van der Waals surface area (Å²) in [5, 5.41) is 10.4. The molecular weight excluding hydrogens is 420 g/mol. The van der Waals surface area contributed by atoms with E-state index in [1.807, 2.05) is 51.1 Å². The number of benzene rings is 2. The molecule has 0 saturated carbocycles. The molecule has 2 nitrogen and oxygen atoms in total. The number of aliphatic hydroxyl groups is 1. The summed E-state index contributed by atoms with van der Waals surface area (Å²) in [4.78, 5) is 4.48. The van der Waals surface area contributed by atoms with Gasteiger partial charge in [-0.3, -0.25) is 4.99 Å². The molecule has 0 aliphatic carbocycles. The summed E-state index contributed by atoms with van der Waals surface area (Å²) in [5.41, 5.74) is 5.91. The summed E-state index contributed by atoms with van der Waals surface area (Å²) in [6.45, 7) is 7.99. The normalized spacial score (nSPS) is 11.6. The summed E-state index contributed by atoms with van der Waals surface area (Å²) in [5.74, 6) is 0.266. The van der Waals surface area contributed by atoms with E-state index < -0.39 is 20.8 Å². The van der Waals surface area contributed by atoms with Crippen LogP contribution in [0.15, 0.2) is 53.5 Å². The average molecular weight is 442 g/mol. The number of rotatable bonds is 3. The Bertz CT molecular complexity index is 704. The van der Waals surface area contributed by atoms with Gasteiger partial charge in [-0.2, -0.15) is 0 Å². The van der Waals surface area contributed by atoms with E-state index in [9.17, 15) is 5.11 Å². The Morgan fingerprint density at radius 2 is 1.54 bits per heavy atom. The topological polar surface area (TPSA) is 32.6 Å². The molecule has 2 rings (SSSR count). The number of nitrogens with zero attached hydrogens (tertiary/aromatic N) is 1. The maximum absolute atomic E-state index is 10.4. The fourth-order valence-electron chi connectivity index (χ4n) is 2.59. The number of allylic oxidation sites excluding steroid dienone is 1. The van der Waals surface area contributed by atoms with Crippen molar-refractivity contribution in [2.75, 3.05) is 0 Å². The van der Waals surface area contributed by atoms with Gasteiger partial charge in [0.1, 0.15) is 5.76 Å². The van der Waals surface area contributed by atoms with Crippen molar-refractivity contribution in [2.45, 2.75) is 27.7 Å². The van der Waals surface area contributed by atoms with Crippen LogP contribution in [0.2, 0.25) is 0 Å². The van der Waals surface area contributed by atoms with Crippen molar-refractivity contribution in [3.63, 3.8) is 0 Å². The van der Waals surface area contributed by atoms with Crippen LogP contribution in [0.25, 0.3) is 5.76 Å². The predicted octanol–water partition coefficient (Wildman–Crippen LogP) is 6.68. The van der Waals surface area contributed by atoms with Crippen molar-refractivity contribution in [2.24, 2.45) is 4.99 Å². The summed E-state index contributed by atoms with van der Waals surface area (Å²) in [7, 11) is 9.87. The van der Waals surface area contributed by atoms with Crippen LogP contribution in [-0.4, -0.2) is 10.8 Å². The quantitative estimate of drug-likeness (QED) is 0.418. The number of halogens is 2. The summed E-state index contributed by atoms with van der Waals surface area (Å²) < 4.78 is 0. The third-order valence-electron chi connectivity index (χ3n) is 3.34. The van der Waals surface area contributed by atoms with E-state index in [1.54, 1.807) is 6.08 Å². The Hall–Kier alpha value is -0.887. The number of aliphatic imine (C=N–C) groups is 1. The molecule has 0 saturated heterocycles. The molecule has 0 heterocycles. The van der Waals surface area contributed by atoms with Crippen LogP contribution in [0.5, 0.6) is 0 Å². The van der Waals surface area contributed by atoms with Crippen molar-refractivity contribution < 1.29 is 26.0 Å². The van der Waals surface area contributed by atoms with Gasteiger partial charge in [-0.15, -0.1) is 0 Å². The molecule has 5 heteroatoms. The van der Waals surface area contributed by atoms with Crippen LogP contribution in [0.3, 0.4) is 0 Å². The Morgan fingerprint density at radius 3 is 2.04 bits per heavy atom. The molecule has 0 atom stereocenters. The van der Waals surface area contributed by atoms with Gasteiger partial charge in [0.2, 0.25) is 0 Å². The van der Waals surface area contributed by atoms with E-state index in [-0.39, 0.29) is 5.76 Å². The maximum atomic E-state index is 10.4. The van der Waals surface area contributed by atoms with Crippen molar-refractivity contribution in [3.05, 3.63) is 70.8 Å². The summed E-state index contributed by atoms with van der Waals surface area (Å²) >= 11 is -0.826. The van der Waals surface area contributed by atoms with E-state index in [0.717, 1.165) is 28.1 Å². The number of hydrogen-bond donors (Lipinski definition) is 1. The van der Waals surface area contributed by atoms with Crippen LogP contribution >= 0.6 is 17.0 Å². The third kappa shape index (κ3) is 6.93. The van der Waals surface area contributed by atoms with Gasteiger partial charge in [0, 0.05) is 17.4 Å². The van der Waals surface area contributed by atoms with Gasteiger partial charge >= 0.3 is 37.9 Å². The summed E-state index contributed by atoms with van der Waals surface area (Å²) in [6.07, 6.45) is 1.72. The molecule has 0 bridgehead atoms. The van der Waals surface area contributed by atoms with Gasteiger partial charge in [-0.05, 0) is 51.0 Å². The Kier molecular flexibility index (Phi) is 9.58. The first-order valence-corrected chi connectivity index (χ1v) is 13.8. The standard InChI is InChI=1S/C19H21NO.2ClH.Zr/c1-13-10-14(2)19(15(3)11-13)18(21)12-16(4)20-17-8-6-5-7-9-17;;;/h5-12,21H,1-4H3;2*1H;/q;;;+2/p-2/b18-12-,20-16?;;;. The number of para-hydroxylation sites is 1. The molecule has 0 aliphatic heterocycles. The van der Waals surface area contributed by atoms with Gasteiger partial charge < -0.3 is 5.11 Å². The third-order valence-corrected chi connectivity index (χ3v) is 3.34. The zero-order valence-corrected chi connectivity index (χ0v) is 18.2. The Balaban J connectivity index is 0.000000891. The molecule has 1 N–H and O–H groups in total. The first-order chi connectivity index (χ1) is 11.4. The molecule has 0 aromatic heterocycles. The fraction of sp³-hybridized carbons (Fsp3) is 0.211. The molecule has 24 heavy (non-hydrogen) atoms. The molecule has 0 radical (unpaired) electrons. The monoisotopic (exact) mass is 439 g/mol. The minimum atomic E-state index is -0.826.